The summed E-state index contributed by atoms with van der Waals surface area (Å²) in [7, 11) is 2.26. The first-order valence-electron chi connectivity index (χ1n) is 12.6. The minimum atomic E-state index is 0.447. The van der Waals surface area contributed by atoms with Crippen LogP contribution in [0.4, 0.5) is 0 Å². The van der Waals surface area contributed by atoms with Gasteiger partial charge in [0.15, 0.2) is 0 Å². The Morgan fingerprint density at radius 1 is 1.00 bits per heavy atom. The van der Waals surface area contributed by atoms with E-state index in [9.17, 15) is 0 Å². The molecule has 2 saturated heterocycles. The average molecular weight is 430 g/mol. The molecule has 3 atom stereocenters. The summed E-state index contributed by atoms with van der Waals surface area (Å²) in [6, 6.07) is 13.6. The second-order valence-electron chi connectivity index (χ2n) is 10.3. The standard InChI is InChI=1S/C27H35N5/c1-30-15-5-7-20(17-30)18-32-24-11-3-2-10-23(24)29-25(32)19-31-16-6-9-22-13-12-21-8-4-14-28-26(21)27(22)31/h2-4,8,10-11,14,20,22,27H,5-7,9,12-13,15-19H2,1H3/t20?,22-,27-/m0/s1. The molecule has 2 fully saturated rings. The second-order valence-corrected chi connectivity index (χ2v) is 10.3. The van der Waals surface area contributed by atoms with Crippen molar-refractivity contribution in [2.45, 2.75) is 57.7 Å². The monoisotopic (exact) mass is 429 g/mol. The minimum Gasteiger partial charge on any atom is -0.327 e. The highest BCUT2D eigenvalue weighted by molar-refractivity contribution is 5.75. The highest BCUT2D eigenvalue weighted by atomic mass is 15.2. The van der Waals surface area contributed by atoms with E-state index in [2.05, 4.69) is 57.8 Å². The molecule has 1 aliphatic carbocycles. The topological polar surface area (TPSA) is 37.2 Å². The molecule has 0 bridgehead atoms. The highest BCUT2D eigenvalue weighted by Gasteiger charge is 2.38. The van der Waals surface area contributed by atoms with E-state index < -0.39 is 0 Å². The summed E-state index contributed by atoms with van der Waals surface area (Å²) >= 11 is 0. The summed E-state index contributed by atoms with van der Waals surface area (Å²) in [5.41, 5.74) is 5.23. The Morgan fingerprint density at radius 2 is 1.91 bits per heavy atom. The van der Waals surface area contributed by atoms with Crippen molar-refractivity contribution >= 4 is 11.0 Å². The Labute approximate surface area is 191 Å². The predicted molar refractivity (Wildman–Crippen MR) is 128 cm³/mol. The number of rotatable bonds is 4. The first-order valence-corrected chi connectivity index (χ1v) is 12.6. The van der Waals surface area contributed by atoms with Crippen molar-refractivity contribution in [3.63, 3.8) is 0 Å². The van der Waals surface area contributed by atoms with E-state index in [4.69, 9.17) is 9.97 Å². The summed E-state index contributed by atoms with van der Waals surface area (Å²) in [6.45, 7) is 5.58. The Balaban J connectivity index is 1.33. The quantitative estimate of drug-likeness (QED) is 0.604. The molecular weight excluding hydrogens is 394 g/mol. The first kappa shape index (κ1) is 20.4. The normalized spacial score (nSPS) is 26.7. The SMILES string of the molecule is CN1CCCC(Cn2c(CN3CCC[C@H]4CCc5cccnc5[C@H]43)nc3ccccc32)C1. The summed E-state index contributed by atoms with van der Waals surface area (Å²) in [5, 5.41) is 0. The maximum atomic E-state index is 5.17. The number of aromatic nitrogens is 3. The summed E-state index contributed by atoms with van der Waals surface area (Å²) in [4.78, 5) is 15.3. The zero-order valence-corrected chi connectivity index (χ0v) is 19.3. The van der Waals surface area contributed by atoms with Gasteiger partial charge >= 0.3 is 0 Å². The van der Waals surface area contributed by atoms with Crippen LogP contribution >= 0.6 is 0 Å². The van der Waals surface area contributed by atoms with Gasteiger partial charge in [-0.3, -0.25) is 9.88 Å². The number of hydrogen-bond acceptors (Lipinski definition) is 4. The molecule has 3 aliphatic rings. The summed E-state index contributed by atoms with van der Waals surface area (Å²) in [5.74, 6) is 2.68. The number of para-hydroxylation sites is 2. The van der Waals surface area contributed by atoms with Gasteiger partial charge in [0.05, 0.1) is 29.3 Å². The molecule has 168 valence electrons. The molecule has 5 heteroatoms. The third kappa shape index (κ3) is 3.75. The van der Waals surface area contributed by atoms with Crippen molar-refractivity contribution in [1.29, 1.82) is 0 Å². The molecule has 0 saturated carbocycles. The third-order valence-electron chi connectivity index (χ3n) is 8.09. The summed E-state index contributed by atoms with van der Waals surface area (Å²) < 4.78 is 2.55. The number of piperidine rings is 2. The molecule has 1 aromatic carbocycles. The fourth-order valence-electron chi connectivity index (χ4n) is 6.61. The van der Waals surface area contributed by atoms with Gasteiger partial charge in [0, 0.05) is 19.3 Å². The van der Waals surface area contributed by atoms with E-state index in [0.717, 1.165) is 31.1 Å². The lowest BCUT2D eigenvalue weighted by atomic mass is 9.77. The second kappa shape index (κ2) is 8.60. The lowest BCUT2D eigenvalue weighted by molar-refractivity contribution is 0.0659. The molecule has 1 unspecified atom stereocenters. The average Bonchev–Trinajstić information content (AvgIpc) is 3.16. The van der Waals surface area contributed by atoms with Crippen LogP contribution in [0.2, 0.25) is 0 Å². The van der Waals surface area contributed by atoms with Crippen molar-refractivity contribution in [2.75, 3.05) is 26.7 Å². The molecule has 2 aliphatic heterocycles. The molecule has 5 nitrogen and oxygen atoms in total. The van der Waals surface area contributed by atoms with Crippen LogP contribution in [0.25, 0.3) is 11.0 Å². The molecular formula is C27H35N5. The molecule has 32 heavy (non-hydrogen) atoms. The zero-order chi connectivity index (χ0) is 21.5. The molecule has 2 aromatic heterocycles. The van der Waals surface area contributed by atoms with E-state index >= 15 is 0 Å². The molecule has 3 aromatic rings. The van der Waals surface area contributed by atoms with Crippen LogP contribution in [-0.2, 0) is 19.5 Å². The Morgan fingerprint density at radius 3 is 2.84 bits per heavy atom. The lowest BCUT2D eigenvalue weighted by Gasteiger charge is -2.44. The van der Waals surface area contributed by atoms with Gasteiger partial charge in [-0.1, -0.05) is 18.2 Å². The van der Waals surface area contributed by atoms with Crippen molar-refractivity contribution in [3.8, 4) is 0 Å². The number of hydrogen-bond donors (Lipinski definition) is 0. The van der Waals surface area contributed by atoms with Gasteiger partial charge < -0.3 is 9.47 Å². The van der Waals surface area contributed by atoms with E-state index in [0.29, 0.717) is 12.0 Å². The van der Waals surface area contributed by atoms with Crippen molar-refractivity contribution in [1.82, 2.24) is 24.3 Å². The van der Waals surface area contributed by atoms with Gasteiger partial charge in [0.25, 0.3) is 0 Å². The first-order chi connectivity index (χ1) is 15.8. The van der Waals surface area contributed by atoms with Crippen molar-refractivity contribution in [2.24, 2.45) is 11.8 Å². The molecule has 0 N–H and O–H groups in total. The maximum absolute atomic E-state index is 5.17. The van der Waals surface area contributed by atoms with Crippen LogP contribution in [0.5, 0.6) is 0 Å². The number of pyridine rings is 1. The predicted octanol–water partition coefficient (Wildman–Crippen LogP) is 4.67. The van der Waals surface area contributed by atoms with Crippen LogP contribution in [0.1, 0.15) is 55.2 Å². The molecule has 4 heterocycles. The molecule has 0 spiro atoms. The van der Waals surface area contributed by atoms with Crippen LogP contribution in [-0.4, -0.2) is 51.0 Å². The molecule has 0 radical (unpaired) electrons. The van der Waals surface area contributed by atoms with Gasteiger partial charge in [0.1, 0.15) is 5.82 Å². The van der Waals surface area contributed by atoms with Crippen molar-refractivity contribution < 1.29 is 0 Å². The number of likely N-dealkylation sites (tertiary alicyclic amines) is 2. The van der Waals surface area contributed by atoms with Gasteiger partial charge in [-0.25, -0.2) is 4.98 Å². The van der Waals surface area contributed by atoms with Gasteiger partial charge in [-0.2, -0.15) is 0 Å². The largest absolute Gasteiger partial charge is 0.327 e. The Hall–Kier alpha value is -2.24. The van der Waals surface area contributed by atoms with Gasteiger partial charge in [-0.05, 0) is 94.3 Å². The van der Waals surface area contributed by atoms with Gasteiger partial charge in [0.2, 0.25) is 0 Å². The minimum absolute atomic E-state index is 0.447. The van der Waals surface area contributed by atoms with E-state index in [1.807, 2.05) is 6.20 Å². The smallest absolute Gasteiger partial charge is 0.124 e. The van der Waals surface area contributed by atoms with Crippen molar-refractivity contribution in [3.05, 3.63) is 59.7 Å². The number of imidazole rings is 1. The fraction of sp³-hybridized carbons (Fsp3) is 0.556. The van der Waals surface area contributed by atoms with Crippen LogP contribution < -0.4 is 0 Å². The Kier molecular flexibility index (Phi) is 5.48. The molecule has 6 rings (SSSR count). The van der Waals surface area contributed by atoms with Gasteiger partial charge in [-0.15, -0.1) is 0 Å². The number of benzene rings is 1. The Bertz CT molecular complexity index is 1090. The number of aryl methyl sites for hydroxylation is 1. The number of nitrogens with zero attached hydrogens (tertiary/aromatic N) is 5. The zero-order valence-electron chi connectivity index (χ0n) is 19.3. The fourth-order valence-corrected chi connectivity index (χ4v) is 6.61. The molecule has 0 amide bonds. The van der Waals surface area contributed by atoms with Crippen LogP contribution in [0, 0.1) is 11.8 Å². The van der Waals surface area contributed by atoms with Crippen LogP contribution in [0.15, 0.2) is 42.6 Å². The van der Waals surface area contributed by atoms with Crippen LogP contribution in [0.3, 0.4) is 0 Å². The van der Waals surface area contributed by atoms with E-state index in [1.165, 1.54) is 74.2 Å². The summed E-state index contributed by atoms with van der Waals surface area (Å²) in [6.07, 6.45) is 9.72. The highest BCUT2D eigenvalue weighted by Crippen LogP contribution is 2.43. The lowest BCUT2D eigenvalue weighted by Crippen LogP contribution is -2.42. The van der Waals surface area contributed by atoms with E-state index in [1.54, 1.807) is 0 Å². The maximum Gasteiger partial charge on any atom is 0.124 e. The van der Waals surface area contributed by atoms with E-state index in [-0.39, 0.29) is 0 Å². The third-order valence-corrected chi connectivity index (χ3v) is 8.09. The number of fused-ring (bicyclic) bond motifs is 4.